The quantitative estimate of drug-likeness (QED) is 0.814. The Morgan fingerprint density at radius 1 is 1.33 bits per heavy atom. The summed E-state index contributed by atoms with van der Waals surface area (Å²) < 4.78 is 14.1. The van der Waals surface area contributed by atoms with E-state index in [1.54, 1.807) is 17.0 Å². The zero-order valence-electron chi connectivity index (χ0n) is 14.1. The van der Waals surface area contributed by atoms with Crippen molar-refractivity contribution in [3.05, 3.63) is 36.7 Å². The fraction of sp³-hybridized carbons (Fsp3) is 0.444. The molecule has 24 heavy (non-hydrogen) atoms. The summed E-state index contributed by atoms with van der Waals surface area (Å²) in [6, 6.07) is 4.79. The van der Waals surface area contributed by atoms with Gasteiger partial charge >= 0.3 is 0 Å². The summed E-state index contributed by atoms with van der Waals surface area (Å²) in [6.07, 6.45) is 2.41. The van der Waals surface area contributed by atoms with E-state index in [0.29, 0.717) is 31.6 Å². The van der Waals surface area contributed by atoms with Crippen molar-refractivity contribution in [2.45, 2.75) is 32.7 Å². The molecule has 1 aromatic carbocycles. The molecule has 0 aliphatic carbocycles. The molecule has 2 N–H and O–H groups in total. The number of nitrogens with one attached hydrogen (secondary N) is 2. The number of hydrogen-bond donors (Lipinski definition) is 2. The van der Waals surface area contributed by atoms with Gasteiger partial charge in [-0.25, -0.2) is 4.39 Å². The van der Waals surface area contributed by atoms with Gasteiger partial charge in [0, 0.05) is 25.0 Å². The number of para-hydroxylation sites is 1. The Morgan fingerprint density at radius 2 is 2.00 bits per heavy atom. The molecular formula is C18H24FN3O2. The largest absolute Gasteiger partial charge is 0.381 e. The first-order chi connectivity index (χ1) is 11.4. The van der Waals surface area contributed by atoms with E-state index in [1.807, 2.05) is 13.8 Å². The second kappa shape index (κ2) is 7.95. The number of benzene rings is 1. The maximum Gasteiger partial charge on any atom is 0.245 e. The molecule has 1 fully saturated rings. The summed E-state index contributed by atoms with van der Waals surface area (Å²) in [4.78, 5) is 25.7. The number of likely N-dealkylation sites (tertiary alicyclic amines) is 1. The molecule has 2 amide bonds. The number of carbonyl (C=O) groups is 2. The van der Waals surface area contributed by atoms with Crippen LogP contribution in [0.1, 0.15) is 26.7 Å². The van der Waals surface area contributed by atoms with E-state index in [9.17, 15) is 14.0 Å². The number of hydrogen-bond acceptors (Lipinski definition) is 3. The molecular weight excluding hydrogens is 309 g/mol. The topological polar surface area (TPSA) is 61.4 Å². The van der Waals surface area contributed by atoms with Gasteiger partial charge < -0.3 is 15.5 Å². The van der Waals surface area contributed by atoms with Crippen molar-refractivity contribution >= 4 is 23.2 Å². The van der Waals surface area contributed by atoms with E-state index in [-0.39, 0.29) is 29.5 Å². The highest BCUT2D eigenvalue weighted by Crippen LogP contribution is 2.27. The fourth-order valence-corrected chi connectivity index (χ4v) is 2.80. The van der Waals surface area contributed by atoms with Gasteiger partial charge in [-0.05, 0) is 44.9 Å². The Morgan fingerprint density at radius 3 is 2.58 bits per heavy atom. The maximum atomic E-state index is 14.1. The van der Waals surface area contributed by atoms with Gasteiger partial charge in [-0.2, -0.15) is 0 Å². The Hall–Kier alpha value is -2.37. The molecule has 0 unspecified atom stereocenters. The fourth-order valence-electron chi connectivity index (χ4n) is 2.80. The Bertz CT molecular complexity index is 623. The van der Waals surface area contributed by atoms with Gasteiger partial charge in [-0.1, -0.05) is 12.6 Å². The normalized spacial score (nSPS) is 15.2. The Labute approximate surface area is 141 Å². The number of amides is 2. The molecule has 1 saturated heterocycles. The first-order valence-corrected chi connectivity index (χ1v) is 8.19. The Kier molecular flexibility index (Phi) is 5.95. The number of rotatable bonds is 5. The highest BCUT2D eigenvalue weighted by molar-refractivity contribution is 5.96. The lowest BCUT2D eigenvalue weighted by Gasteiger charge is -2.30. The van der Waals surface area contributed by atoms with Gasteiger partial charge in [0.25, 0.3) is 0 Å². The average molecular weight is 333 g/mol. The van der Waals surface area contributed by atoms with Crippen LogP contribution in [0.25, 0.3) is 0 Å². The van der Waals surface area contributed by atoms with Crippen LogP contribution in [0.4, 0.5) is 15.8 Å². The van der Waals surface area contributed by atoms with Crippen LogP contribution in [0.15, 0.2) is 30.9 Å². The molecule has 5 nitrogen and oxygen atoms in total. The molecule has 0 atom stereocenters. The predicted molar refractivity (Wildman–Crippen MR) is 93.3 cm³/mol. The molecule has 1 aliphatic heterocycles. The molecule has 0 aromatic heterocycles. The summed E-state index contributed by atoms with van der Waals surface area (Å²) in [6.45, 7) is 8.39. The van der Waals surface area contributed by atoms with Gasteiger partial charge in [-0.3, -0.25) is 9.59 Å². The van der Waals surface area contributed by atoms with Crippen LogP contribution in [0, 0.1) is 11.7 Å². The minimum atomic E-state index is -0.465. The van der Waals surface area contributed by atoms with E-state index in [0.717, 1.165) is 0 Å². The lowest BCUT2D eigenvalue weighted by Crippen LogP contribution is -2.40. The highest BCUT2D eigenvalue weighted by atomic mass is 19.1. The molecule has 0 bridgehead atoms. The molecule has 2 rings (SSSR count). The average Bonchev–Trinajstić information content (AvgIpc) is 2.56. The summed E-state index contributed by atoms with van der Waals surface area (Å²) in [7, 11) is 0. The second-order valence-electron chi connectivity index (χ2n) is 6.25. The van der Waals surface area contributed by atoms with E-state index < -0.39 is 5.82 Å². The molecule has 1 aliphatic rings. The van der Waals surface area contributed by atoms with Crippen molar-refractivity contribution in [2.75, 3.05) is 23.7 Å². The number of carbonyl (C=O) groups excluding carboxylic acids is 2. The lowest BCUT2D eigenvalue weighted by molar-refractivity contribution is -0.130. The molecule has 1 aromatic rings. The van der Waals surface area contributed by atoms with Crippen LogP contribution < -0.4 is 10.6 Å². The summed E-state index contributed by atoms with van der Waals surface area (Å²) in [5, 5.41) is 5.85. The van der Waals surface area contributed by atoms with Crippen LogP contribution in [-0.2, 0) is 9.59 Å². The summed E-state index contributed by atoms with van der Waals surface area (Å²) in [5.74, 6) is -1.03. The van der Waals surface area contributed by atoms with E-state index >= 15 is 0 Å². The standard InChI is InChI=1S/C18H24FN3O2/c1-4-16(23)22-10-8-13(9-11-22)18(24)21-17-14(19)6-5-7-15(17)20-12(2)3/h4-7,12-13,20H,1,8-11H2,2-3H3,(H,21,24). The number of halogens is 1. The molecule has 0 spiro atoms. The SMILES string of the molecule is C=CC(=O)N1CCC(C(=O)Nc2c(F)cccc2NC(C)C)CC1. The first kappa shape index (κ1) is 18.0. The molecule has 6 heteroatoms. The maximum absolute atomic E-state index is 14.1. The molecule has 0 saturated carbocycles. The number of anilines is 2. The van der Waals surface area contributed by atoms with Gasteiger partial charge in [0.2, 0.25) is 11.8 Å². The van der Waals surface area contributed by atoms with Gasteiger partial charge in [-0.15, -0.1) is 0 Å². The van der Waals surface area contributed by atoms with E-state index in [2.05, 4.69) is 17.2 Å². The van der Waals surface area contributed by atoms with Crippen LogP contribution in [0.5, 0.6) is 0 Å². The number of nitrogens with zero attached hydrogens (tertiary/aromatic N) is 1. The van der Waals surface area contributed by atoms with Crippen LogP contribution in [0.3, 0.4) is 0 Å². The zero-order valence-corrected chi connectivity index (χ0v) is 14.1. The van der Waals surface area contributed by atoms with Crippen molar-refractivity contribution in [1.29, 1.82) is 0 Å². The van der Waals surface area contributed by atoms with Gasteiger partial charge in [0.1, 0.15) is 11.5 Å². The third-order valence-corrected chi connectivity index (χ3v) is 4.06. The van der Waals surface area contributed by atoms with Crippen LogP contribution >= 0.6 is 0 Å². The Balaban J connectivity index is 2.03. The van der Waals surface area contributed by atoms with E-state index in [4.69, 9.17) is 0 Å². The van der Waals surface area contributed by atoms with Crippen molar-refractivity contribution in [2.24, 2.45) is 5.92 Å². The van der Waals surface area contributed by atoms with Gasteiger partial charge in [0.15, 0.2) is 0 Å². The summed E-state index contributed by atoms with van der Waals surface area (Å²) >= 11 is 0. The molecule has 1 heterocycles. The predicted octanol–water partition coefficient (Wildman–Crippen LogP) is 3.01. The minimum absolute atomic E-state index is 0.119. The van der Waals surface area contributed by atoms with Crippen molar-refractivity contribution in [3.63, 3.8) is 0 Å². The third kappa shape index (κ3) is 4.34. The van der Waals surface area contributed by atoms with Crippen LogP contribution in [0.2, 0.25) is 0 Å². The van der Waals surface area contributed by atoms with E-state index in [1.165, 1.54) is 12.1 Å². The molecule has 130 valence electrons. The van der Waals surface area contributed by atoms with Crippen LogP contribution in [-0.4, -0.2) is 35.8 Å². The minimum Gasteiger partial charge on any atom is -0.381 e. The highest BCUT2D eigenvalue weighted by Gasteiger charge is 2.27. The lowest BCUT2D eigenvalue weighted by atomic mass is 9.95. The monoisotopic (exact) mass is 333 g/mol. The summed E-state index contributed by atoms with van der Waals surface area (Å²) in [5.41, 5.74) is 0.749. The van der Waals surface area contributed by atoms with Gasteiger partial charge in [0.05, 0.1) is 5.69 Å². The number of piperidine rings is 1. The second-order valence-corrected chi connectivity index (χ2v) is 6.25. The van der Waals surface area contributed by atoms with Crippen molar-refractivity contribution in [3.8, 4) is 0 Å². The molecule has 0 radical (unpaired) electrons. The third-order valence-electron chi connectivity index (χ3n) is 4.06. The first-order valence-electron chi connectivity index (χ1n) is 8.19. The zero-order chi connectivity index (χ0) is 17.7. The smallest absolute Gasteiger partial charge is 0.245 e. The van der Waals surface area contributed by atoms with Crippen molar-refractivity contribution < 1.29 is 14.0 Å². The van der Waals surface area contributed by atoms with Crippen molar-refractivity contribution in [1.82, 2.24) is 4.90 Å².